The van der Waals surface area contributed by atoms with Gasteiger partial charge in [0, 0.05) is 0 Å². The van der Waals surface area contributed by atoms with E-state index < -0.39 is 36.9 Å². The van der Waals surface area contributed by atoms with Crippen LogP contribution in [0.2, 0.25) is 0 Å². The SMILES string of the molecule is CCCCC/C=C\C/C=C\CCCCCCCCC(O)C(=O)NC(CO)C(O)C(O)CCCCCCCCCCCCCCCCCCCCCC. The van der Waals surface area contributed by atoms with Crippen molar-refractivity contribution in [2.75, 3.05) is 6.61 Å². The molecule has 4 unspecified atom stereocenters. The molecular weight excluding hydrogens is 647 g/mol. The van der Waals surface area contributed by atoms with E-state index in [1.165, 1.54) is 148 Å². The minimum Gasteiger partial charge on any atom is -0.394 e. The predicted octanol–water partition coefficient (Wildman–Crippen LogP) is 12.0. The van der Waals surface area contributed by atoms with Gasteiger partial charge in [0.05, 0.1) is 18.8 Å². The third-order valence-electron chi connectivity index (χ3n) is 10.7. The number of allylic oxidation sites excluding steroid dienone is 4. The molecule has 0 aromatic rings. The van der Waals surface area contributed by atoms with Gasteiger partial charge in [-0.15, -0.1) is 0 Å². The molecule has 6 nitrogen and oxygen atoms in total. The van der Waals surface area contributed by atoms with Crippen LogP contribution in [-0.4, -0.2) is 57.3 Å². The summed E-state index contributed by atoms with van der Waals surface area (Å²) in [6, 6.07) is -0.988. The van der Waals surface area contributed by atoms with Crippen LogP contribution in [0.3, 0.4) is 0 Å². The van der Waals surface area contributed by atoms with E-state index in [-0.39, 0.29) is 0 Å². The minimum atomic E-state index is -1.26. The summed E-state index contributed by atoms with van der Waals surface area (Å²) in [6.07, 6.45) is 46.3. The van der Waals surface area contributed by atoms with E-state index in [0.717, 1.165) is 57.8 Å². The van der Waals surface area contributed by atoms with Crippen molar-refractivity contribution in [3.05, 3.63) is 24.3 Å². The number of unbranched alkanes of at least 4 members (excludes halogenated alkanes) is 28. The second kappa shape index (κ2) is 41.0. The molecule has 1 amide bonds. The zero-order valence-electron chi connectivity index (χ0n) is 34.6. The van der Waals surface area contributed by atoms with E-state index in [9.17, 15) is 25.2 Å². The van der Waals surface area contributed by atoms with E-state index in [1.54, 1.807) is 0 Å². The van der Waals surface area contributed by atoms with Gasteiger partial charge in [0.25, 0.3) is 0 Å². The van der Waals surface area contributed by atoms with Crippen molar-refractivity contribution in [3.63, 3.8) is 0 Å². The molecule has 0 aliphatic heterocycles. The summed E-state index contributed by atoms with van der Waals surface area (Å²) in [7, 11) is 0. The summed E-state index contributed by atoms with van der Waals surface area (Å²) >= 11 is 0. The monoisotopic (exact) mass is 736 g/mol. The van der Waals surface area contributed by atoms with Gasteiger partial charge in [-0.3, -0.25) is 4.79 Å². The Labute approximate surface area is 323 Å². The highest BCUT2D eigenvalue weighted by atomic mass is 16.3. The van der Waals surface area contributed by atoms with Crippen molar-refractivity contribution in [2.45, 2.75) is 257 Å². The molecule has 0 aromatic heterocycles. The smallest absolute Gasteiger partial charge is 0.249 e. The topological polar surface area (TPSA) is 110 Å². The average molecular weight is 736 g/mol. The first-order valence-corrected chi connectivity index (χ1v) is 22.7. The number of amides is 1. The first-order valence-electron chi connectivity index (χ1n) is 22.7. The largest absolute Gasteiger partial charge is 0.394 e. The second-order valence-electron chi connectivity index (χ2n) is 15.8. The molecule has 0 heterocycles. The number of rotatable bonds is 41. The van der Waals surface area contributed by atoms with E-state index >= 15 is 0 Å². The molecule has 0 aliphatic rings. The van der Waals surface area contributed by atoms with Crippen LogP contribution in [-0.2, 0) is 4.79 Å². The molecule has 4 atom stereocenters. The van der Waals surface area contributed by atoms with Gasteiger partial charge in [-0.1, -0.05) is 212 Å². The first-order chi connectivity index (χ1) is 25.5. The molecule has 0 bridgehead atoms. The van der Waals surface area contributed by atoms with Crippen LogP contribution in [0.15, 0.2) is 24.3 Å². The van der Waals surface area contributed by atoms with Crippen LogP contribution >= 0.6 is 0 Å². The van der Waals surface area contributed by atoms with Gasteiger partial charge in [0.2, 0.25) is 5.91 Å². The number of nitrogens with one attached hydrogen (secondary N) is 1. The maximum Gasteiger partial charge on any atom is 0.249 e. The maximum atomic E-state index is 12.5. The number of hydrogen-bond donors (Lipinski definition) is 5. The highest BCUT2D eigenvalue weighted by Gasteiger charge is 2.28. The summed E-state index contributed by atoms with van der Waals surface area (Å²) in [4.78, 5) is 12.5. The average Bonchev–Trinajstić information content (AvgIpc) is 3.15. The van der Waals surface area contributed by atoms with E-state index in [2.05, 4.69) is 43.5 Å². The summed E-state index contributed by atoms with van der Waals surface area (Å²) in [5.41, 5.74) is 0. The Balaban J connectivity index is 3.72. The van der Waals surface area contributed by atoms with E-state index in [0.29, 0.717) is 12.8 Å². The number of carbonyl (C=O) groups is 1. The Morgan fingerprint density at radius 2 is 0.827 bits per heavy atom. The Hall–Kier alpha value is -1.21. The summed E-state index contributed by atoms with van der Waals surface area (Å²) in [5.74, 6) is -0.591. The lowest BCUT2D eigenvalue weighted by atomic mass is 9.99. The zero-order valence-corrected chi connectivity index (χ0v) is 34.6. The zero-order chi connectivity index (χ0) is 38.2. The van der Waals surface area contributed by atoms with Crippen LogP contribution in [0.25, 0.3) is 0 Å². The summed E-state index contributed by atoms with van der Waals surface area (Å²) in [5, 5.41) is 43.7. The predicted molar refractivity (Wildman–Crippen MR) is 224 cm³/mol. The number of aliphatic hydroxyl groups is 4. The van der Waals surface area contributed by atoms with Crippen molar-refractivity contribution < 1.29 is 25.2 Å². The molecule has 0 aliphatic carbocycles. The Morgan fingerprint density at radius 1 is 0.481 bits per heavy atom. The Morgan fingerprint density at radius 3 is 1.25 bits per heavy atom. The molecule has 0 saturated carbocycles. The molecule has 0 spiro atoms. The van der Waals surface area contributed by atoms with Gasteiger partial charge in [-0.05, 0) is 44.9 Å². The fraction of sp³-hybridized carbons (Fsp3) is 0.891. The van der Waals surface area contributed by atoms with Crippen LogP contribution in [0.4, 0.5) is 0 Å². The highest BCUT2D eigenvalue weighted by Crippen LogP contribution is 2.17. The molecule has 6 heteroatoms. The standard InChI is InChI=1S/C46H89NO5/c1-3-5-7-9-11-13-15-17-19-21-22-23-24-26-27-29-31-33-35-37-39-43(49)45(51)42(41-48)47-46(52)44(50)40-38-36-34-32-30-28-25-20-18-16-14-12-10-8-6-4-2/h12,14,18,20,42-45,48-51H,3-11,13,15-17,19,21-41H2,1-2H3,(H,47,52)/b14-12-,20-18-. The maximum absolute atomic E-state index is 12.5. The third-order valence-corrected chi connectivity index (χ3v) is 10.7. The molecule has 0 saturated heterocycles. The molecule has 0 fully saturated rings. The van der Waals surface area contributed by atoms with Gasteiger partial charge in [-0.2, -0.15) is 0 Å². The van der Waals surface area contributed by atoms with E-state index in [1.807, 2.05) is 0 Å². The van der Waals surface area contributed by atoms with Gasteiger partial charge in [-0.25, -0.2) is 0 Å². The normalized spacial score (nSPS) is 14.3. The summed E-state index contributed by atoms with van der Waals surface area (Å²) < 4.78 is 0. The molecule has 308 valence electrons. The second-order valence-corrected chi connectivity index (χ2v) is 15.8. The molecule has 5 N–H and O–H groups in total. The lowest BCUT2D eigenvalue weighted by Gasteiger charge is -2.27. The van der Waals surface area contributed by atoms with Gasteiger partial charge in [0.1, 0.15) is 12.2 Å². The van der Waals surface area contributed by atoms with Crippen molar-refractivity contribution in [1.82, 2.24) is 5.32 Å². The fourth-order valence-electron chi connectivity index (χ4n) is 7.02. The summed E-state index contributed by atoms with van der Waals surface area (Å²) in [6.45, 7) is 4.03. The third kappa shape index (κ3) is 34.6. The molecule has 52 heavy (non-hydrogen) atoms. The molecule has 0 radical (unpaired) electrons. The van der Waals surface area contributed by atoms with Gasteiger partial charge in [0.15, 0.2) is 0 Å². The van der Waals surface area contributed by atoms with Crippen molar-refractivity contribution in [1.29, 1.82) is 0 Å². The number of hydrogen-bond acceptors (Lipinski definition) is 5. The van der Waals surface area contributed by atoms with Crippen molar-refractivity contribution in [3.8, 4) is 0 Å². The molecule has 0 rings (SSSR count). The van der Waals surface area contributed by atoms with Crippen LogP contribution in [0.5, 0.6) is 0 Å². The number of aliphatic hydroxyl groups excluding tert-OH is 4. The van der Waals surface area contributed by atoms with Crippen molar-refractivity contribution >= 4 is 5.91 Å². The lowest BCUT2D eigenvalue weighted by Crippen LogP contribution is -2.53. The number of carbonyl (C=O) groups excluding carboxylic acids is 1. The first kappa shape index (κ1) is 50.8. The Bertz CT molecular complexity index is 787. The van der Waals surface area contributed by atoms with E-state index in [4.69, 9.17) is 0 Å². The van der Waals surface area contributed by atoms with Crippen LogP contribution in [0, 0.1) is 0 Å². The van der Waals surface area contributed by atoms with Crippen LogP contribution < -0.4 is 5.32 Å². The van der Waals surface area contributed by atoms with Gasteiger partial charge < -0.3 is 25.7 Å². The quantitative estimate of drug-likeness (QED) is 0.0317. The molecule has 0 aromatic carbocycles. The van der Waals surface area contributed by atoms with Crippen LogP contribution in [0.1, 0.15) is 232 Å². The Kier molecular flexibility index (Phi) is 40.0. The minimum absolute atomic E-state index is 0.358. The fourth-order valence-corrected chi connectivity index (χ4v) is 7.02. The lowest BCUT2D eigenvalue weighted by molar-refractivity contribution is -0.132. The van der Waals surface area contributed by atoms with Crippen molar-refractivity contribution in [2.24, 2.45) is 0 Å². The van der Waals surface area contributed by atoms with Gasteiger partial charge >= 0.3 is 0 Å². The molecular formula is C46H89NO5. The highest BCUT2D eigenvalue weighted by molar-refractivity contribution is 5.80.